The summed E-state index contributed by atoms with van der Waals surface area (Å²) in [6.07, 6.45) is 1.82. The summed E-state index contributed by atoms with van der Waals surface area (Å²) in [6, 6.07) is 19.8. The molecule has 3 nitrogen and oxygen atoms in total. The van der Waals surface area contributed by atoms with Gasteiger partial charge in [0.05, 0.1) is 0 Å². The average molecular weight is 323 g/mol. The SMILES string of the molecule is CN1CCC(OC(=O)C(C)(c2ccccc2)c2ccccc2)CC1. The maximum absolute atomic E-state index is 13.2. The zero-order valence-corrected chi connectivity index (χ0v) is 14.4. The van der Waals surface area contributed by atoms with Crippen LogP contribution in [0.15, 0.2) is 60.7 Å². The molecule has 0 bridgehead atoms. The van der Waals surface area contributed by atoms with Gasteiger partial charge in [0.25, 0.3) is 0 Å². The highest BCUT2D eigenvalue weighted by molar-refractivity contribution is 5.87. The number of esters is 1. The fourth-order valence-electron chi connectivity index (χ4n) is 3.32. The van der Waals surface area contributed by atoms with Crippen molar-refractivity contribution in [2.75, 3.05) is 20.1 Å². The average Bonchev–Trinajstić information content (AvgIpc) is 2.64. The molecule has 3 heteroatoms. The van der Waals surface area contributed by atoms with Crippen molar-refractivity contribution in [2.45, 2.75) is 31.3 Å². The van der Waals surface area contributed by atoms with Crippen molar-refractivity contribution in [3.63, 3.8) is 0 Å². The molecule has 0 aromatic heterocycles. The van der Waals surface area contributed by atoms with Gasteiger partial charge in [0.15, 0.2) is 0 Å². The van der Waals surface area contributed by atoms with Gasteiger partial charge in [-0.05, 0) is 37.9 Å². The van der Waals surface area contributed by atoms with E-state index >= 15 is 0 Å². The van der Waals surface area contributed by atoms with Crippen LogP contribution in [0.3, 0.4) is 0 Å². The molecule has 0 radical (unpaired) electrons. The van der Waals surface area contributed by atoms with E-state index < -0.39 is 5.41 Å². The third-order valence-corrected chi connectivity index (χ3v) is 5.05. The Bertz CT molecular complexity index is 621. The van der Waals surface area contributed by atoms with Gasteiger partial charge in [0.2, 0.25) is 0 Å². The molecule has 0 N–H and O–H groups in total. The second-order valence-electron chi connectivity index (χ2n) is 6.76. The molecule has 0 atom stereocenters. The van der Waals surface area contributed by atoms with Crippen molar-refractivity contribution in [3.05, 3.63) is 71.8 Å². The van der Waals surface area contributed by atoms with Crippen LogP contribution in [0, 0.1) is 0 Å². The van der Waals surface area contributed by atoms with E-state index in [9.17, 15) is 4.79 Å². The van der Waals surface area contributed by atoms with Gasteiger partial charge >= 0.3 is 5.97 Å². The first-order valence-corrected chi connectivity index (χ1v) is 8.61. The number of rotatable bonds is 4. The second-order valence-corrected chi connectivity index (χ2v) is 6.76. The van der Waals surface area contributed by atoms with E-state index in [-0.39, 0.29) is 12.1 Å². The normalized spacial score (nSPS) is 16.8. The van der Waals surface area contributed by atoms with Gasteiger partial charge in [-0.15, -0.1) is 0 Å². The van der Waals surface area contributed by atoms with Gasteiger partial charge in [-0.25, -0.2) is 0 Å². The van der Waals surface area contributed by atoms with E-state index in [0.29, 0.717) is 0 Å². The molecule has 0 aliphatic carbocycles. The van der Waals surface area contributed by atoms with E-state index in [4.69, 9.17) is 4.74 Å². The van der Waals surface area contributed by atoms with E-state index in [0.717, 1.165) is 37.1 Å². The Morgan fingerprint density at radius 1 is 0.958 bits per heavy atom. The van der Waals surface area contributed by atoms with Crippen LogP contribution < -0.4 is 0 Å². The Kier molecular flexibility index (Phi) is 5.00. The van der Waals surface area contributed by atoms with Gasteiger partial charge in [-0.1, -0.05) is 60.7 Å². The van der Waals surface area contributed by atoms with Crippen molar-refractivity contribution in [1.29, 1.82) is 0 Å². The maximum Gasteiger partial charge on any atom is 0.321 e. The largest absolute Gasteiger partial charge is 0.461 e. The summed E-state index contributed by atoms with van der Waals surface area (Å²) in [4.78, 5) is 15.5. The summed E-state index contributed by atoms with van der Waals surface area (Å²) in [5, 5.41) is 0. The van der Waals surface area contributed by atoms with E-state index in [1.54, 1.807) is 0 Å². The van der Waals surface area contributed by atoms with Crippen molar-refractivity contribution >= 4 is 5.97 Å². The Labute approximate surface area is 144 Å². The molecule has 0 spiro atoms. The van der Waals surface area contributed by atoms with Crippen LogP contribution in [0.1, 0.15) is 30.9 Å². The summed E-state index contributed by atoms with van der Waals surface area (Å²) in [6.45, 7) is 3.92. The molecule has 0 saturated carbocycles. The van der Waals surface area contributed by atoms with Crippen LogP contribution >= 0.6 is 0 Å². The van der Waals surface area contributed by atoms with Gasteiger partial charge < -0.3 is 9.64 Å². The zero-order valence-electron chi connectivity index (χ0n) is 14.4. The number of ether oxygens (including phenoxy) is 1. The van der Waals surface area contributed by atoms with Crippen LogP contribution in [-0.2, 0) is 14.9 Å². The van der Waals surface area contributed by atoms with Crippen LogP contribution in [0.4, 0.5) is 0 Å². The lowest BCUT2D eigenvalue weighted by Gasteiger charge is -2.33. The summed E-state index contributed by atoms with van der Waals surface area (Å²) >= 11 is 0. The Morgan fingerprint density at radius 3 is 1.88 bits per heavy atom. The van der Waals surface area contributed by atoms with E-state index in [1.807, 2.05) is 67.6 Å². The molecule has 24 heavy (non-hydrogen) atoms. The minimum atomic E-state index is -0.786. The molecule has 2 aromatic carbocycles. The second kappa shape index (κ2) is 7.18. The van der Waals surface area contributed by atoms with Crippen LogP contribution in [0.5, 0.6) is 0 Å². The third kappa shape index (κ3) is 3.36. The number of nitrogens with zero attached hydrogens (tertiary/aromatic N) is 1. The number of benzene rings is 2. The van der Waals surface area contributed by atoms with Crippen LogP contribution in [0.2, 0.25) is 0 Å². The van der Waals surface area contributed by atoms with Gasteiger partial charge in [0.1, 0.15) is 11.5 Å². The van der Waals surface area contributed by atoms with Gasteiger partial charge in [-0.3, -0.25) is 4.79 Å². The number of likely N-dealkylation sites (tertiary alicyclic amines) is 1. The smallest absolute Gasteiger partial charge is 0.321 e. The van der Waals surface area contributed by atoms with Crippen LogP contribution in [0.25, 0.3) is 0 Å². The number of carbonyl (C=O) groups excluding carboxylic acids is 1. The Balaban J connectivity index is 1.89. The summed E-state index contributed by atoms with van der Waals surface area (Å²) in [7, 11) is 2.11. The topological polar surface area (TPSA) is 29.5 Å². The zero-order chi connectivity index (χ0) is 17.0. The van der Waals surface area contributed by atoms with Gasteiger partial charge in [0, 0.05) is 13.1 Å². The molecule has 3 rings (SSSR count). The number of hydrogen-bond donors (Lipinski definition) is 0. The molecule has 0 amide bonds. The lowest BCUT2D eigenvalue weighted by Crippen LogP contribution is -2.41. The maximum atomic E-state index is 13.2. The Morgan fingerprint density at radius 2 is 1.42 bits per heavy atom. The molecular formula is C21H25NO2. The molecule has 2 aromatic rings. The first kappa shape index (κ1) is 16.7. The predicted molar refractivity (Wildman–Crippen MR) is 95.9 cm³/mol. The third-order valence-electron chi connectivity index (χ3n) is 5.05. The molecule has 1 saturated heterocycles. The molecule has 1 aliphatic heterocycles. The lowest BCUT2D eigenvalue weighted by molar-refractivity contribution is -0.156. The summed E-state index contributed by atoms with van der Waals surface area (Å²) in [5.41, 5.74) is 1.15. The van der Waals surface area contributed by atoms with Crippen LogP contribution in [-0.4, -0.2) is 37.1 Å². The van der Waals surface area contributed by atoms with Crippen molar-refractivity contribution < 1.29 is 9.53 Å². The highest BCUT2D eigenvalue weighted by Crippen LogP contribution is 2.34. The molecule has 1 aliphatic rings. The predicted octanol–water partition coefficient (Wildman–Crippen LogP) is 3.63. The molecule has 1 fully saturated rings. The highest BCUT2D eigenvalue weighted by Gasteiger charge is 2.40. The van der Waals surface area contributed by atoms with E-state index in [2.05, 4.69) is 11.9 Å². The van der Waals surface area contributed by atoms with Crippen molar-refractivity contribution in [1.82, 2.24) is 4.90 Å². The fourth-order valence-corrected chi connectivity index (χ4v) is 3.32. The highest BCUT2D eigenvalue weighted by atomic mass is 16.5. The fraction of sp³-hybridized carbons (Fsp3) is 0.381. The summed E-state index contributed by atoms with van der Waals surface area (Å²) < 4.78 is 5.95. The molecule has 0 unspecified atom stereocenters. The lowest BCUT2D eigenvalue weighted by atomic mass is 9.76. The minimum Gasteiger partial charge on any atom is -0.461 e. The molecular weight excluding hydrogens is 298 g/mol. The van der Waals surface area contributed by atoms with E-state index in [1.165, 1.54) is 0 Å². The number of carbonyl (C=O) groups is 1. The monoisotopic (exact) mass is 323 g/mol. The molecule has 126 valence electrons. The number of piperidine rings is 1. The first-order chi connectivity index (χ1) is 11.6. The number of hydrogen-bond acceptors (Lipinski definition) is 3. The minimum absolute atomic E-state index is 0.0143. The Hall–Kier alpha value is -2.13. The quantitative estimate of drug-likeness (QED) is 0.805. The molecule has 1 heterocycles. The first-order valence-electron chi connectivity index (χ1n) is 8.61. The van der Waals surface area contributed by atoms with Gasteiger partial charge in [-0.2, -0.15) is 0 Å². The summed E-state index contributed by atoms with van der Waals surface area (Å²) in [5.74, 6) is -0.158. The standard InChI is InChI=1S/C21H25NO2/c1-21(17-9-5-3-6-10-17,18-11-7-4-8-12-18)20(23)24-19-13-15-22(2)16-14-19/h3-12,19H,13-16H2,1-2H3. The van der Waals surface area contributed by atoms with Crippen molar-refractivity contribution in [3.8, 4) is 0 Å². The van der Waals surface area contributed by atoms with Crippen molar-refractivity contribution in [2.24, 2.45) is 0 Å².